The highest BCUT2D eigenvalue weighted by atomic mass is 79.9. The molecule has 210 valence electrons. The Bertz CT molecular complexity index is 1460. The van der Waals surface area contributed by atoms with Crippen molar-refractivity contribution >= 4 is 31.6 Å². The summed E-state index contributed by atoms with van der Waals surface area (Å²) in [5, 5.41) is 0. The molecule has 1 fully saturated rings. The number of pyridine rings is 1. The van der Waals surface area contributed by atoms with Gasteiger partial charge in [0.25, 0.3) is 10.0 Å². The fourth-order valence-corrected chi connectivity index (χ4v) is 5.52. The van der Waals surface area contributed by atoms with Gasteiger partial charge in [0.2, 0.25) is 5.88 Å². The van der Waals surface area contributed by atoms with Crippen LogP contribution in [0.4, 0.5) is 18.9 Å². The number of nitrogens with one attached hydrogen (secondary N) is 1. The van der Waals surface area contributed by atoms with E-state index in [-0.39, 0.29) is 20.9 Å². The van der Waals surface area contributed by atoms with Gasteiger partial charge in [0.05, 0.1) is 36.1 Å². The minimum absolute atomic E-state index is 0.0768. The third-order valence-corrected chi connectivity index (χ3v) is 7.76. The van der Waals surface area contributed by atoms with E-state index in [1.165, 1.54) is 20.3 Å². The van der Waals surface area contributed by atoms with Gasteiger partial charge in [-0.3, -0.25) is 4.72 Å². The van der Waals surface area contributed by atoms with Crippen molar-refractivity contribution in [3.8, 4) is 28.9 Å². The molecule has 2 heterocycles. The highest BCUT2D eigenvalue weighted by Gasteiger charge is 2.36. The number of likely N-dealkylation sites (tertiary alicyclic amines) is 1. The predicted octanol–water partition coefficient (Wildman–Crippen LogP) is 5.56. The fourth-order valence-electron chi connectivity index (χ4n) is 3.92. The molecule has 2 aromatic carbocycles. The van der Waals surface area contributed by atoms with E-state index in [2.05, 4.69) is 25.6 Å². The third kappa shape index (κ3) is 6.86. The van der Waals surface area contributed by atoms with E-state index in [9.17, 15) is 21.6 Å². The average Bonchev–Trinajstić information content (AvgIpc) is 3.28. The Balaban J connectivity index is 1.55. The monoisotopic (exact) mass is 631 g/mol. The predicted molar refractivity (Wildman–Crippen MR) is 140 cm³/mol. The number of anilines is 1. The highest BCUT2D eigenvalue weighted by molar-refractivity contribution is 9.10. The number of rotatable bonds is 9. The molecular weight excluding hydrogens is 607 g/mol. The number of alkyl halides is 3. The second-order valence-corrected chi connectivity index (χ2v) is 11.2. The molecule has 4 rings (SSSR count). The number of hydrogen-bond donors (Lipinski definition) is 1. The molecule has 1 unspecified atom stereocenters. The first-order chi connectivity index (χ1) is 18.4. The highest BCUT2D eigenvalue weighted by Crippen LogP contribution is 2.39. The quantitative estimate of drug-likeness (QED) is 0.328. The zero-order valence-corrected chi connectivity index (χ0v) is 23.5. The summed E-state index contributed by atoms with van der Waals surface area (Å²) in [5.74, 6) is 0.917. The van der Waals surface area contributed by atoms with Gasteiger partial charge in [-0.15, -0.1) is 0 Å². The van der Waals surface area contributed by atoms with Gasteiger partial charge in [0.1, 0.15) is 22.5 Å². The van der Waals surface area contributed by atoms with Crippen LogP contribution in [0.1, 0.15) is 12.0 Å². The number of aromatic nitrogens is 1. The van der Waals surface area contributed by atoms with Crippen LogP contribution >= 0.6 is 15.9 Å². The van der Waals surface area contributed by atoms with Crippen LogP contribution in [0.15, 0.2) is 58.0 Å². The molecule has 1 atom stereocenters. The number of halogens is 4. The van der Waals surface area contributed by atoms with Crippen LogP contribution < -0.4 is 23.7 Å². The first kappa shape index (κ1) is 28.8. The molecule has 1 aliphatic rings. The van der Waals surface area contributed by atoms with Gasteiger partial charge < -0.3 is 23.8 Å². The van der Waals surface area contributed by atoms with E-state index in [4.69, 9.17) is 18.9 Å². The smallest absolute Gasteiger partial charge is 0.419 e. The molecule has 1 aromatic heterocycles. The topological polar surface area (TPSA) is 99.2 Å². The summed E-state index contributed by atoms with van der Waals surface area (Å²) in [4.78, 5) is 5.78. The number of nitrogens with zero attached hydrogens (tertiary/aromatic N) is 2. The molecule has 1 aliphatic heterocycles. The molecule has 0 amide bonds. The molecule has 1 N–H and O–H groups in total. The zero-order valence-electron chi connectivity index (χ0n) is 21.1. The number of likely N-dealkylation sites (N-methyl/N-ethyl adjacent to an activating group) is 1. The SMILES string of the molecule is COc1ccc(Oc2ncc(S(=O)(=O)Nc3ccc(C(F)(F)F)c(OC4CCN(C)C4)c3)cc2Br)cc1OC. The Labute approximate surface area is 232 Å². The molecule has 0 spiro atoms. The largest absolute Gasteiger partial charge is 0.493 e. The van der Waals surface area contributed by atoms with Crippen LogP contribution in [-0.4, -0.2) is 58.8 Å². The summed E-state index contributed by atoms with van der Waals surface area (Å²) in [6, 6.07) is 8.96. The van der Waals surface area contributed by atoms with Crippen LogP contribution in [0.5, 0.6) is 28.9 Å². The Kier molecular flexibility index (Phi) is 8.47. The third-order valence-electron chi connectivity index (χ3n) is 5.84. The van der Waals surface area contributed by atoms with Crippen molar-refractivity contribution < 1.29 is 40.5 Å². The van der Waals surface area contributed by atoms with E-state index in [1.807, 2.05) is 11.9 Å². The maximum absolute atomic E-state index is 13.6. The van der Waals surface area contributed by atoms with Crippen molar-refractivity contribution in [1.82, 2.24) is 9.88 Å². The molecule has 3 aromatic rings. The summed E-state index contributed by atoms with van der Waals surface area (Å²) >= 11 is 3.26. The number of ether oxygens (including phenoxy) is 4. The van der Waals surface area contributed by atoms with Gasteiger partial charge in [0, 0.05) is 25.2 Å². The van der Waals surface area contributed by atoms with Crippen molar-refractivity contribution in [3.05, 3.63) is 58.7 Å². The Morgan fingerprint density at radius 2 is 1.79 bits per heavy atom. The van der Waals surface area contributed by atoms with Gasteiger partial charge in [-0.1, -0.05) is 0 Å². The van der Waals surface area contributed by atoms with E-state index >= 15 is 0 Å². The number of benzene rings is 2. The van der Waals surface area contributed by atoms with Crippen LogP contribution in [0.25, 0.3) is 0 Å². The van der Waals surface area contributed by atoms with Gasteiger partial charge in [0.15, 0.2) is 11.5 Å². The van der Waals surface area contributed by atoms with Gasteiger partial charge in [-0.2, -0.15) is 13.2 Å². The van der Waals surface area contributed by atoms with Crippen molar-refractivity contribution in [1.29, 1.82) is 0 Å². The normalized spacial score (nSPS) is 16.1. The molecular formula is C25H25BrF3N3O6S. The van der Waals surface area contributed by atoms with Gasteiger partial charge >= 0.3 is 6.18 Å². The van der Waals surface area contributed by atoms with Crippen LogP contribution in [0.3, 0.4) is 0 Å². The van der Waals surface area contributed by atoms with Crippen molar-refractivity contribution in [2.75, 3.05) is 39.1 Å². The lowest BCUT2D eigenvalue weighted by Gasteiger charge is -2.19. The van der Waals surface area contributed by atoms with Gasteiger partial charge in [-0.25, -0.2) is 13.4 Å². The second-order valence-electron chi connectivity index (χ2n) is 8.68. The molecule has 0 aliphatic carbocycles. The molecule has 14 heteroatoms. The molecule has 9 nitrogen and oxygen atoms in total. The summed E-state index contributed by atoms with van der Waals surface area (Å²) < 4.78 is 91.2. The number of sulfonamides is 1. The number of hydrogen-bond acceptors (Lipinski definition) is 8. The molecule has 0 saturated carbocycles. The maximum Gasteiger partial charge on any atom is 0.419 e. The molecule has 39 heavy (non-hydrogen) atoms. The van der Waals surface area contributed by atoms with E-state index in [1.54, 1.807) is 18.2 Å². The van der Waals surface area contributed by atoms with E-state index in [0.717, 1.165) is 24.4 Å². The molecule has 0 bridgehead atoms. The zero-order chi connectivity index (χ0) is 28.4. The Morgan fingerprint density at radius 3 is 2.41 bits per heavy atom. The summed E-state index contributed by atoms with van der Waals surface area (Å²) in [6.45, 7) is 1.15. The minimum atomic E-state index is -4.67. The molecule has 1 saturated heterocycles. The first-order valence-electron chi connectivity index (χ1n) is 11.5. The lowest BCUT2D eigenvalue weighted by molar-refractivity contribution is -0.139. The van der Waals surface area contributed by atoms with Gasteiger partial charge in [-0.05, 0) is 59.7 Å². The van der Waals surface area contributed by atoms with Crippen LogP contribution in [-0.2, 0) is 16.2 Å². The van der Waals surface area contributed by atoms with E-state index < -0.39 is 33.6 Å². The minimum Gasteiger partial charge on any atom is -0.493 e. The van der Waals surface area contributed by atoms with Crippen LogP contribution in [0, 0.1) is 0 Å². The lowest BCUT2D eigenvalue weighted by atomic mass is 10.1. The Hall–Kier alpha value is -3.23. The van der Waals surface area contributed by atoms with Crippen molar-refractivity contribution in [3.63, 3.8) is 0 Å². The van der Waals surface area contributed by atoms with Crippen LogP contribution in [0.2, 0.25) is 0 Å². The van der Waals surface area contributed by atoms with E-state index in [0.29, 0.717) is 36.8 Å². The maximum atomic E-state index is 13.6. The molecule has 0 radical (unpaired) electrons. The summed E-state index contributed by atoms with van der Waals surface area (Å²) in [7, 11) is 0.587. The number of methoxy groups -OCH3 is 2. The Morgan fingerprint density at radius 1 is 1.05 bits per heavy atom. The lowest BCUT2D eigenvalue weighted by Crippen LogP contribution is -2.23. The summed E-state index contributed by atoms with van der Waals surface area (Å²) in [6.07, 6.45) is -3.49. The fraction of sp³-hybridized carbons (Fsp3) is 0.320. The first-order valence-corrected chi connectivity index (χ1v) is 13.8. The van der Waals surface area contributed by atoms with Crippen molar-refractivity contribution in [2.45, 2.75) is 23.6 Å². The standard InChI is InChI=1S/C25H25BrF3N3O6S/c1-32-9-8-17(14-32)37-22-10-15(4-6-19(22)25(27,28)29)31-39(33,34)18-12-20(26)24(30-13-18)38-16-5-7-21(35-2)23(11-16)36-3/h4-7,10-13,17,31H,8-9,14H2,1-3H3. The second kappa shape index (κ2) is 11.5. The average molecular weight is 632 g/mol. The summed E-state index contributed by atoms with van der Waals surface area (Å²) in [5.41, 5.74) is -1.08. The van der Waals surface area contributed by atoms with Crippen molar-refractivity contribution in [2.24, 2.45) is 0 Å².